The maximum absolute atomic E-state index is 12.5. The van der Waals surface area contributed by atoms with Crippen molar-refractivity contribution in [2.24, 2.45) is 0 Å². The Morgan fingerprint density at radius 3 is 2.60 bits per heavy atom. The van der Waals surface area contributed by atoms with E-state index in [-0.39, 0.29) is 0 Å². The van der Waals surface area contributed by atoms with Gasteiger partial charge < -0.3 is 10.1 Å². The van der Waals surface area contributed by atoms with Gasteiger partial charge in [0, 0.05) is 17.5 Å². The number of imide groups is 1. The van der Waals surface area contributed by atoms with Gasteiger partial charge in [0.05, 0.1) is 0 Å². The van der Waals surface area contributed by atoms with Crippen molar-refractivity contribution in [1.29, 1.82) is 0 Å². The molecule has 1 aliphatic rings. The molecule has 6 nitrogen and oxygen atoms in total. The van der Waals surface area contributed by atoms with Gasteiger partial charge in [0.15, 0.2) is 0 Å². The van der Waals surface area contributed by atoms with Gasteiger partial charge in [-0.1, -0.05) is 30.3 Å². The number of esters is 1. The highest BCUT2D eigenvalue weighted by Crippen LogP contribution is 2.32. The van der Waals surface area contributed by atoms with E-state index in [4.69, 9.17) is 4.74 Å². The molecule has 0 fully saturated rings. The van der Waals surface area contributed by atoms with Gasteiger partial charge >= 0.3 is 12.0 Å². The van der Waals surface area contributed by atoms with E-state index in [1.807, 2.05) is 6.07 Å². The third kappa shape index (κ3) is 3.88. The van der Waals surface area contributed by atoms with Crippen molar-refractivity contribution >= 4 is 29.2 Å². The number of carbonyl (C=O) groups excluding carboxylic acids is 3. The molecule has 2 aromatic rings. The standard InChI is InChI=1S/C18H18N2O4S/c1-19-18(23)20-16(21)15(11-6-3-2-4-7-11)24-17(22)14-10-12-8-5-9-13(12)25-14/h2-4,6-7,10,15H,5,8-9H2,1H3,(H2,19,20,21,23)/t15-/m0/s1. The molecule has 0 bridgehead atoms. The van der Waals surface area contributed by atoms with Gasteiger partial charge in [-0.05, 0) is 30.9 Å². The molecular formula is C18H18N2O4S. The van der Waals surface area contributed by atoms with Crippen LogP contribution in [0.2, 0.25) is 0 Å². The number of nitrogens with one attached hydrogen (secondary N) is 2. The van der Waals surface area contributed by atoms with Crippen LogP contribution in [-0.2, 0) is 22.4 Å². The Balaban J connectivity index is 1.80. The predicted octanol–water partition coefficient (Wildman–Crippen LogP) is 2.59. The van der Waals surface area contributed by atoms with Gasteiger partial charge in [-0.25, -0.2) is 9.59 Å². The monoisotopic (exact) mass is 358 g/mol. The molecule has 0 unspecified atom stereocenters. The molecule has 0 spiro atoms. The number of hydrogen-bond acceptors (Lipinski definition) is 5. The van der Waals surface area contributed by atoms with Gasteiger partial charge in [-0.2, -0.15) is 0 Å². The summed E-state index contributed by atoms with van der Waals surface area (Å²) in [6.45, 7) is 0. The van der Waals surface area contributed by atoms with Crippen molar-refractivity contribution in [2.75, 3.05) is 7.05 Å². The molecule has 0 radical (unpaired) electrons. The number of carbonyl (C=O) groups is 3. The first kappa shape index (κ1) is 17.2. The summed E-state index contributed by atoms with van der Waals surface area (Å²) in [5.74, 6) is -1.25. The maximum atomic E-state index is 12.5. The van der Waals surface area contributed by atoms with Crippen LogP contribution in [0.4, 0.5) is 4.79 Å². The van der Waals surface area contributed by atoms with Gasteiger partial charge in [-0.15, -0.1) is 11.3 Å². The third-order valence-corrected chi connectivity index (χ3v) is 5.19. The SMILES string of the molecule is CNC(=O)NC(=O)[C@@H](OC(=O)c1cc2c(s1)CCC2)c1ccccc1. The van der Waals surface area contributed by atoms with Crippen LogP contribution in [0.1, 0.15) is 38.2 Å². The normalized spacial score (nSPS) is 13.6. The average Bonchev–Trinajstić information content (AvgIpc) is 3.22. The minimum absolute atomic E-state index is 0.485. The second kappa shape index (κ2) is 7.48. The maximum Gasteiger partial charge on any atom is 0.349 e. The number of aryl methyl sites for hydroxylation is 2. The smallest absolute Gasteiger partial charge is 0.349 e. The van der Waals surface area contributed by atoms with E-state index >= 15 is 0 Å². The van der Waals surface area contributed by atoms with Crippen LogP contribution in [0, 0.1) is 0 Å². The fraction of sp³-hybridized carbons (Fsp3) is 0.278. The minimum atomic E-state index is -1.19. The number of benzene rings is 1. The first-order chi connectivity index (χ1) is 12.1. The second-order valence-corrected chi connectivity index (χ2v) is 6.81. The third-order valence-electron chi connectivity index (χ3n) is 3.98. The zero-order chi connectivity index (χ0) is 17.8. The van der Waals surface area contributed by atoms with Crippen molar-refractivity contribution in [2.45, 2.75) is 25.4 Å². The number of hydrogen-bond donors (Lipinski definition) is 2. The average molecular weight is 358 g/mol. The summed E-state index contributed by atoms with van der Waals surface area (Å²) in [6.07, 6.45) is 1.87. The van der Waals surface area contributed by atoms with Crippen LogP contribution in [0.25, 0.3) is 0 Å². The van der Waals surface area contributed by atoms with Crippen LogP contribution in [0.15, 0.2) is 36.4 Å². The Kier molecular flexibility index (Phi) is 5.14. The number of ether oxygens (including phenoxy) is 1. The number of amides is 3. The lowest BCUT2D eigenvalue weighted by molar-refractivity contribution is -0.129. The first-order valence-corrected chi connectivity index (χ1v) is 8.80. The summed E-state index contributed by atoms with van der Waals surface area (Å²) in [6, 6.07) is 9.81. The zero-order valence-electron chi connectivity index (χ0n) is 13.7. The minimum Gasteiger partial charge on any atom is -0.443 e. The molecule has 1 aliphatic carbocycles. The van der Waals surface area contributed by atoms with Crippen LogP contribution >= 0.6 is 11.3 Å². The van der Waals surface area contributed by atoms with E-state index in [9.17, 15) is 14.4 Å². The number of rotatable bonds is 4. The van der Waals surface area contributed by atoms with E-state index < -0.39 is 24.0 Å². The summed E-state index contributed by atoms with van der Waals surface area (Å²) in [4.78, 5) is 38.0. The Morgan fingerprint density at radius 1 is 1.16 bits per heavy atom. The molecule has 1 heterocycles. The van der Waals surface area contributed by atoms with Crippen molar-refractivity contribution < 1.29 is 19.1 Å². The molecule has 0 aliphatic heterocycles. The molecule has 25 heavy (non-hydrogen) atoms. The largest absolute Gasteiger partial charge is 0.443 e. The van der Waals surface area contributed by atoms with E-state index in [1.54, 1.807) is 30.3 Å². The molecule has 0 saturated heterocycles. The van der Waals surface area contributed by atoms with Crippen LogP contribution in [0.3, 0.4) is 0 Å². The van der Waals surface area contributed by atoms with E-state index in [2.05, 4.69) is 10.6 Å². The molecule has 1 aromatic carbocycles. The fourth-order valence-electron chi connectivity index (χ4n) is 2.74. The Bertz CT molecular complexity index is 779. The number of urea groups is 1. The van der Waals surface area contributed by atoms with Crippen LogP contribution < -0.4 is 10.6 Å². The molecular weight excluding hydrogens is 340 g/mol. The van der Waals surface area contributed by atoms with Gasteiger partial charge in [0.1, 0.15) is 4.88 Å². The van der Waals surface area contributed by atoms with Crippen molar-refractivity contribution in [3.63, 3.8) is 0 Å². The van der Waals surface area contributed by atoms with Crippen LogP contribution in [0.5, 0.6) is 0 Å². The summed E-state index contributed by atoms with van der Waals surface area (Å²) in [5, 5.41) is 4.47. The Labute approximate surface area is 149 Å². The van der Waals surface area contributed by atoms with Crippen molar-refractivity contribution in [1.82, 2.24) is 10.6 Å². The second-order valence-electron chi connectivity index (χ2n) is 5.68. The Hall–Kier alpha value is -2.67. The molecule has 0 saturated carbocycles. The predicted molar refractivity (Wildman–Crippen MR) is 93.5 cm³/mol. The lowest BCUT2D eigenvalue weighted by Gasteiger charge is -2.17. The fourth-order valence-corrected chi connectivity index (χ4v) is 3.87. The van der Waals surface area contributed by atoms with Crippen molar-refractivity contribution in [3.8, 4) is 0 Å². The Morgan fingerprint density at radius 2 is 1.92 bits per heavy atom. The number of thiophene rings is 1. The van der Waals surface area contributed by atoms with Crippen LogP contribution in [-0.4, -0.2) is 25.0 Å². The lowest BCUT2D eigenvalue weighted by Crippen LogP contribution is -2.41. The van der Waals surface area contributed by atoms with Crippen molar-refractivity contribution in [3.05, 3.63) is 57.3 Å². The van der Waals surface area contributed by atoms with E-state index in [0.717, 1.165) is 19.3 Å². The quantitative estimate of drug-likeness (QED) is 0.823. The topological polar surface area (TPSA) is 84.5 Å². The highest BCUT2D eigenvalue weighted by molar-refractivity contribution is 7.14. The summed E-state index contributed by atoms with van der Waals surface area (Å²) in [5.41, 5.74) is 1.68. The molecule has 130 valence electrons. The highest BCUT2D eigenvalue weighted by atomic mass is 32.1. The summed E-state index contributed by atoms with van der Waals surface area (Å²) in [7, 11) is 1.40. The first-order valence-electron chi connectivity index (χ1n) is 7.98. The highest BCUT2D eigenvalue weighted by Gasteiger charge is 2.28. The molecule has 3 amide bonds. The number of fused-ring (bicyclic) bond motifs is 1. The van der Waals surface area contributed by atoms with Gasteiger partial charge in [0.2, 0.25) is 6.10 Å². The molecule has 1 aromatic heterocycles. The lowest BCUT2D eigenvalue weighted by atomic mass is 10.1. The van der Waals surface area contributed by atoms with Gasteiger partial charge in [-0.3, -0.25) is 10.1 Å². The van der Waals surface area contributed by atoms with Gasteiger partial charge in [0.25, 0.3) is 5.91 Å². The zero-order valence-corrected chi connectivity index (χ0v) is 14.5. The molecule has 3 rings (SSSR count). The molecule has 1 atom stereocenters. The van der Waals surface area contributed by atoms with E-state index in [0.29, 0.717) is 10.4 Å². The van der Waals surface area contributed by atoms with E-state index in [1.165, 1.54) is 28.8 Å². The summed E-state index contributed by atoms with van der Waals surface area (Å²) >= 11 is 1.41. The molecule has 7 heteroatoms. The summed E-state index contributed by atoms with van der Waals surface area (Å²) < 4.78 is 5.45. The molecule has 2 N–H and O–H groups in total.